The van der Waals surface area contributed by atoms with E-state index in [1.807, 2.05) is 18.2 Å². The Morgan fingerprint density at radius 2 is 2.10 bits per heavy atom. The number of ketones is 1. The van der Waals surface area contributed by atoms with Crippen LogP contribution >= 0.6 is 15.9 Å². The summed E-state index contributed by atoms with van der Waals surface area (Å²) >= 11 is 3.39. The highest BCUT2D eigenvalue weighted by Crippen LogP contribution is 2.28. The third-order valence-electron chi connectivity index (χ3n) is 2.79. The fraction of sp³-hybridized carbons (Fsp3) is 0.0714. The topological polar surface area (TPSA) is 65.2 Å². The average Bonchev–Trinajstić information content (AvgIpc) is 2.92. The fourth-order valence-electron chi connectivity index (χ4n) is 1.89. The third kappa shape index (κ3) is 2.08. The van der Waals surface area contributed by atoms with Crippen LogP contribution < -0.4 is 4.74 Å². The van der Waals surface area contributed by atoms with Gasteiger partial charge in [-0.15, -0.1) is 0 Å². The van der Waals surface area contributed by atoms with Crippen LogP contribution in [0, 0.1) is 0 Å². The Morgan fingerprint density at radius 3 is 2.85 bits per heavy atom. The molecule has 3 aromatic rings. The second kappa shape index (κ2) is 5.05. The summed E-state index contributed by atoms with van der Waals surface area (Å²) < 4.78 is 11.4. The molecule has 0 N–H and O–H groups in total. The van der Waals surface area contributed by atoms with Gasteiger partial charge in [-0.05, 0) is 28.1 Å². The second-order valence-electron chi connectivity index (χ2n) is 4.01. The summed E-state index contributed by atoms with van der Waals surface area (Å²) in [6.07, 6.45) is 2.90. The van der Waals surface area contributed by atoms with Crippen LogP contribution in [0.2, 0.25) is 0 Å². The monoisotopic (exact) mass is 332 g/mol. The minimum atomic E-state index is -0.363. The fourth-order valence-corrected chi connectivity index (χ4v) is 2.35. The first-order valence-electron chi connectivity index (χ1n) is 5.78. The molecule has 0 saturated carbocycles. The number of para-hydroxylation sites is 1. The van der Waals surface area contributed by atoms with Crippen molar-refractivity contribution < 1.29 is 13.9 Å². The Balaban J connectivity index is 2.11. The molecule has 5 nitrogen and oxygen atoms in total. The summed E-state index contributed by atoms with van der Waals surface area (Å²) in [6, 6.07) is 7.27. The van der Waals surface area contributed by atoms with Crippen molar-refractivity contribution in [3.05, 3.63) is 52.6 Å². The van der Waals surface area contributed by atoms with Gasteiger partial charge in [0.15, 0.2) is 11.5 Å². The lowest BCUT2D eigenvalue weighted by Gasteiger charge is -2.02. The number of halogens is 1. The molecule has 0 spiro atoms. The van der Waals surface area contributed by atoms with Crippen molar-refractivity contribution in [3.8, 4) is 5.88 Å². The number of benzene rings is 1. The van der Waals surface area contributed by atoms with Crippen LogP contribution in [-0.4, -0.2) is 22.9 Å². The summed E-state index contributed by atoms with van der Waals surface area (Å²) in [6.45, 7) is 0. The number of nitrogens with zero attached hydrogens (tertiary/aromatic N) is 2. The van der Waals surface area contributed by atoms with Gasteiger partial charge in [-0.3, -0.25) is 4.79 Å². The van der Waals surface area contributed by atoms with Crippen molar-refractivity contribution in [2.45, 2.75) is 0 Å². The molecule has 0 bridgehead atoms. The van der Waals surface area contributed by atoms with E-state index >= 15 is 0 Å². The van der Waals surface area contributed by atoms with Gasteiger partial charge < -0.3 is 9.15 Å². The molecule has 0 unspecified atom stereocenters. The molecule has 0 atom stereocenters. The van der Waals surface area contributed by atoms with E-state index in [1.165, 1.54) is 19.5 Å². The summed E-state index contributed by atoms with van der Waals surface area (Å²) in [5.74, 6) is 0.0146. The molecule has 3 rings (SSSR count). The van der Waals surface area contributed by atoms with E-state index in [0.29, 0.717) is 5.58 Å². The molecular weight excluding hydrogens is 324 g/mol. The van der Waals surface area contributed by atoms with E-state index in [-0.39, 0.29) is 23.1 Å². The van der Waals surface area contributed by atoms with Crippen LogP contribution in [0.3, 0.4) is 0 Å². The first kappa shape index (κ1) is 12.8. The van der Waals surface area contributed by atoms with Crippen molar-refractivity contribution in [2.24, 2.45) is 0 Å². The van der Waals surface area contributed by atoms with Crippen molar-refractivity contribution >= 4 is 32.7 Å². The van der Waals surface area contributed by atoms with Crippen LogP contribution in [0.25, 0.3) is 11.0 Å². The van der Waals surface area contributed by atoms with Crippen LogP contribution in [0.5, 0.6) is 5.88 Å². The lowest BCUT2D eigenvalue weighted by molar-refractivity contribution is 0.100. The number of furan rings is 1. The molecule has 0 amide bonds. The predicted molar refractivity (Wildman–Crippen MR) is 75.9 cm³/mol. The number of methoxy groups -OCH3 is 1. The van der Waals surface area contributed by atoms with E-state index in [1.54, 1.807) is 6.07 Å². The molecule has 0 fully saturated rings. The van der Waals surface area contributed by atoms with Crippen molar-refractivity contribution in [2.75, 3.05) is 7.11 Å². The van der Waals surface area contributed by atoms with E-state index in [4.69, 9.17) is 9.15 Å². The second-order valence-corrected chi connectivity index (χ2v) is 4.87. The maximum absolute atomic E-state index is 12.4. The van der Waals surface area contributed by atoms with Crippen LogP contribution in [0.4, 0.5) is 0 Å². The van der Waals surface area contributed by atoms with E-state index in [2.05, 4.69) is 25.9 Å². The van der Waals surface area contributed by atoms with Crippen LogP contribution in [0.15, 0.2) is 45.5 Å². The van der Waals surface area contributed by atoms with E-state index in [0.717, 1.165) is 9.86 Å². The average molecular weight is 333 g/mol. The van der Waals surface area contributed by atoms with Gasteiger partial charge in [0.05, 0.1) is 11.6 Å². The molecule has 100 valence electrons. The Labute approximate surface area is 122 Å². The van der Waals surface area contributed by atoms with Crippen molar-refractivity contribution in [1.29, 1.82) is 0 Å². The van der Waals surface area contributed by atoms with Crippen LogP contribution in [0.1, 0.15) is 16.2 Å². The van der Waals surface area contributed by atoms with Gasteiger partial charge in [-0.1, -0.05) is 12.1 Å². The lowest BCUT2D eigenvalue weighted by Crippen LogP contribution is -2.06. The van der Waals surface area contributed by atoms with Crippen molar-refractivity contribution in [3.63, 3.8) is 0 Å². The summed E-state index contributed by atoms with van der Waals surface area (Å²) in [5.41, 5.74) is 0.754. The summed E-state index contributed by atoms with van der Waals surface area (Å²) in [7, 11) is 1.44. The maximum atomic E-state index is 12.4. The number of rotatable bonds is 3. The van der Waals surface area contributed by atoms with E-state index < -0.39 is 0 Å². The molecule has 0 radical (unpaired) electrons. The molecule has 6 heteroatoms. The van der Waals surface area contributed by atoms with Gasteiger partial charge in [0.25, 0.3) is 5.78 Å². The number of carbonyl (C=O) groups excluding carboxylic acids is 1. The van der Waals surface area contributed by atoms with Gasteiger partial charge in [-0.2, -0.15) is 0 Å². The highest BCUT2D eigenvalue weighted by atomic mass is 79.9. The smallest absolute Gasteiger partial charge is 0.252 e. The van der Waals surface area contributed by atoms with Crippen molar-refractivity contribution in [1.82, 2.24) is 9.97 Å². The van der Waals surface area contributed by atoms with Gasteiger partial charge in [0.2, 0.25) is 5.88 Å². The molecule has 0 aliphatic rings. The minimum Gasteiger partial charge on any atom is -0.479 e. The Kier molecular flexibility index (Phi) is 3.23. The zero-order valence-electron chi connectivity index (χ0n) is 10.5. The van der Waals surface area contributed by atoms with Crippen LogP contribution in [-0.2, 0) is 0 Å². The first-order chi connectivity index (χ1) is 9.70. The number of aromatic nitrogens is 2. The number of carbonyl (C=O) groups is 1. The quantitative estimate of drug-likeness (QED) is 0.689. The number of ether oxygens (including phenoxy) is 1. The summed E-state index contributed by atoms with van der Waals surface area (Å²) in [4.78, 5) is 20.4. The van der Waals surface area contributed by atoms with Gasteiger partial charge >= 0.3 is 0 Å². The zero-order chi connectivity index (χ0) is 14.1. The predicted octanol–water partition coefficient (Wildman–Crippen LogP) is 3.22. The Morgan fingerprint density at radius 1 is 1.30 bits per heavy atom. The third-order valence-corrected chi connectivity index (χ3v) is 3.42. The number of hydrogen-bond acceptors (Lipinski definition) is 5. The number of fused-ring (bicyclic) bond motifs is 1. The zero-order valence-corrected chi connectivity index (χ0v) is 12.0. The molecule has 0 saturated heterocycles. The molecule has 2 heterocycles. The Hall–Kier alpha value is -2.21. The standard InChI is InChI=1S/C14H9BrN2O3/c1-19-14-11(16-5-6-17-14)12(18)10-7-8-3-2-4-9(15)13(8)20-10/h2-7H,1H3. The van der Waals surface area contributed by atoms with E-state index in [9.17, 15) is 4.79 Å². The molecule has 0 aliphatic carbocycles. The SMILES string of the molecule is COc1nccnc1C(=O)c1cc2cccc(Br)c2o1. The number of hydrogen-bond donors (Lipinski definition) is 0. The maximum Gasteiger partial charge on any atom is 0.252 e. The van der Waals surface area contributed by atoms with Gasteiger partial charge in [0, 0.05) is 17.8 Å². The molecule has 20 heavy (non-hydrogen) atoms. The molecule has 1 aromatic carbocycles. The highest BCUT2D eigenvalue weighted by Gasteiger charge is 2.21. The highest BCUT2D eigenvalue weighted by molar-refractivity contribution is 9.10. The molecule has 0 aliphatic heterocycles. The normalized spacial score (nSPS) is 10.7. The lowest BCUT2D eigenvalue weighted by atomic mass is 10.2. The summed E-state index contributed by atoms with van der Waals surface area (Å²) in [5, 5.41) is 0.839. The molecule has 2 aromatic heterocycles. The largest absolute Gasteiger partial charge is 0.479 e. The van der Waals surface area contributed by atoms with Gasteiger partial charge in [-0.25, -0.2) is 9.97 Å². The minimum absolute atomic E-state index is 0.130. The van der Waals surface area contributed by atoms with Gasteiger partial charge in [0.1, 0.15) is 5.58 Å². The Bertz CT molecular complexity index is 798. The molecular formula is C14H9BrN2O3. The first-order valence-corrected chi connectivity index (χ1v) is 6.58.